The van der Waals surface area contributed by atoms with Gasteiger partial charge in [0.1, 0.15) is 5.75 Å². The highest BCUT2D eigenvalue weighted by Gasteiger charge is 2.33. The number of para-hydroxylation sites is 2. The largest absolute Gasteiger partial charge is 0.484 e. The minimum absolute atomic E-state index is 0.285. The maximum absolute atomic E-state index is 12.8. The van der Waals surface area contributed by atoms with E-state index in [4.69, 9.17) is 4.74 Å². The molecule has 6 heteroatoms. The molecule has 0 bridgehead atoms. The zero-order valence-electron chi connectivity index (χ0n) is 10.9. The Labute approximate surface area is 119 Å². The minimum atomic E-state index is -4.52. The molecule has 2 aromatic rings. The van der Waals surface area contributed by atoms with Crippen molar-refractivity contribution in [2.45, 2.75) is 6.18 Å². The molecule has 0 spiro atoms. The summed E-state index contributed by atoms with van der Waals surface area (Å²) in [5, 5.41) is 2.20. The number of alkyl halides is 3. The van der Waals surface area contributed by atoms with Crippen LogP contribution in [-0.2, 0) is 11.0 Å². The molecule has 0 unspecified atom stereocenters. The van der Waals surface area contributed by atoms with E-state index in [1.165, 1.54) is 18.2 Å². The second kappa shape index (κ2) is 6.30. The van der Waals surface area contributed by atoms with E-state index in [0.717, 1.165) is 6.07 Å². The van der Waals surface area contributed by atoms with Gasteiger partial charge in [-0.3, -0.25) is 4.79 Å². The van der Waals surface area contributed by atoms with Crippen molar-refractivity contribution >= 4 is 11.6 Å². The molecular formula is C15H12F3NO2. The van der Waals surface area contributed by atoms with Crippen molar-refractivity contribution in [1.82, 2.24) is 0 Å². The van der Waals surface area contributed by atoms with Crippen LogP contribution in [0.25, 0.3) is 0 Å². The summed E-state index contributed by atoms with van der Waals surface area (Å²) in [5.41, 5.74) is -1.18. The van der Waals surface area contributed by atoms with E-state index in [-0.39, 0.29) is 12.3 Å². The lowest BCUT2D eigenvalue weighted by Gasteiger charge is -2.13. The highest BCUT2D eigenvalue weighted by Crippen LogP contribution is 2.34. The molecule has 0 atom stereocenters. The van der Waals surface area contributed by atoms with Crippen LogP contribution in [0.5, 0.6) is 5.75 Å². The third-order valence-electron chi connectivity index (χ3n) is 2.62. The minimum Gasteiger partial charge on any atom is -0.484 e. The highest BCUT2D eigenvalue weighted by molar-refractivity contribution is 5.92. The van der Waals surface area contributed by atoms with Crippen molar-refractivity contribution in [1.29, 1.82) is 0 Å². The lowest BCUT2D eigenvalue weighted by atomic mass is 10.1. The summed E-state index contributed by atoms with van der Waals surface area (Å²) in [4.78, 5) is 11.7. The van der Waals surface area contributed by atoms with Gasteiger partial charge in [0, 0.05) is 0 Å². The van der Waals surface area contributed by atoms with Gasteiger partial charge in [-0.15, -0.1) is 0 Å². The fraction of sp³-hybridized carbons (Fsp3) is 0.133. The number of hydrogen-bond acceptors (Lipinski definition) is 2. The number of benzene rings is 2. The van der Waals surface area contributed by atoms with Crippen LogP contribution < -0.4 is 10.1 Å². The number of amides is 1. The molecule has 0 aliphatic rings. The first-order valence-electron chi connectivity index (χ1n) is 6.11. The van der Waals surface area contributed by atoms with Gasteiger partial charge in [0.25, 0.3) is 5.91 Å². The number of halogens is 3. The Morgan fingerprint density at radius 1 is 1.00 bits per heavy atom. The van der Waals surface area contributed by atoms with Gasteiger partial charge in [-0.1, -0.05) is 30.3 Å². The molecule has 1 amide bonds. The van der Waals surface area contributed by atoms with E-state index in [2.05, 4.69) is 5.32 Å². The number of nitrogens with one attached hydrogen (secondary N) is 1. The fourth-order valence-electron chi connectivity index (χ4n) is 1.69. The van der Waals surface area contributed by atoms with Gasteiger partial charge >= 0.3 is 6.18 Å². The number of ether oxygens (including phenoxy) is 1. The van der Waals surface area contributed by atoms with Gasteiger partial charge in [0.05, 0.1) is 11.3 Å². The molecule has 0 aromatic heterocycles. The monoisotopic (exact) mass is 295 g/mol. The van der Waals surface area contributed by atoms with Gasteiger partial charge in [-0.05, 0) is 24.3 Å². The zero-order valence-corrected chi connectivity index (χ0v) is 10.9. The van der Waals surface area contributed by atoms with Crippen LogP contribution >= 0.6 is 0 Å². The van der Waals surface area contributed by atoms with Crippen LogP contribution in [0.3, 0.4) is 0 Å². The number of carbonyl (C=O) groups excluding carboxylic acids is 1. The summed E-state index contributed by atoms with van der Waals surface area (Å²) in [5.74, 6) is -0.188. The Bertz CT molecular complexity index is 612. The average Bonchev–Trinajstić information content (AvgIpc) is 2.46. The Morgan fingerprint density at radius 2 is 1.62 bits per heavy atom. The summed E-state index contributed by atoms with van der Waals surface area (Å²) in [6.07, 6.45) is -4.52. The van der Waals surface area contributed by atoms with Crippen LogP contribution in [0, 0.1) is 0 Å². The first-order valence-corrected chi connectivity index (χ1v) is 6.11. The van der Waals surface area contributed by atoms with Crippen molar-refractivity contribution in [2.75, 3.05) is 11.9 Å². The molecule has 1 N–H and O–H groups in total. The number of hydrogen-bond donors (Lipinski definition) is 1. The SMILES string of the molecule is O=C(COc1ccccc1)Nc1ccccc1C(F)(F)F. The molecule has 0 aliphatic heterocycles. The predicted octanol–water partition coefficient (Wildman–Crippen LogP) is 3.72. The van der Waals surface area contributed by atoms with Gasteiger partial charge in [0.2, 0.25) is 0 Å². The summed E-state index contributed by atoms with van der Waals surface area (Å²) in [6, 6.07) is 13.3. The summed E-state index contributed by atoms with van der Waals surface area (Å²) in [7, 11) is 0. The Balaban J connectivity index is 2.00. The van der Waals surface area contributed by atoms with E-state index < -0.39 is 17.6 Å². The normalized spacial score (nSPS) is 11.0. The smallest absolute Gasteiger partial charge is 0.418 e. The molecule has 3 nitrogen and oxygen atoms in total. The molecular weight excluding hydrogens is 283 g/mol. The summed E-state index contributed by atoms with van der Waals surface area (Å²) in [6.45, 7) is -0.365. The van der Waals surface area contributed by atoms with Crippen LogP contribution in [0.2, 0.25) is 0 Å². The molecule has 0 fully saturated rings. The Morgan fingerprint density at radius 3 is 2.29 bits per heavy atom. The zero-order chi connectivity index (χ0) is 15.3. The molecule has 0 saturated heterocycles. The number of rotatable bonds is 4. The molecule has 2 aromatic carbocycles. The van der Waals surface area contributed by atoms with E-state index in [1.807, 2.05) is 0 Å². The van der Waals surface area contributed by atoms with Crippen LogP contribution in [0.4, 0.5) is 18.9 Å². The quantitative estimate of drug-likeness (QED) is 0.933. The van der Waals surface area contributed by atoms with E-state index in [0.29, 0.717) is 5.75 Å². The van der Waals surface area contributed by atoms with Crippen molar-refractivity contribution in [3.05, 3.63) is 60.2 Å². The van der Waals surface area contributed by atoms with Gasteiger partial charge in [0.15, 0.2) is 6.61 Å². The maximum atomic E-state index is 12.8. The molecule has 2 rings (SSSR count). The molecule has 110 valence electrons. The molecule has 0 aliphatic carbocycles. The second-order valence-corrected chi connectivity index (χ2v) is 4.19. The number of anilines is 1. The molecule has 0 saturated carbocycles. The van der Waals surface area contributed by atoms with Gasteiger partial charge in [-0.25, -0.2) is 0 Å². The lowest BCUT2D eigenvalue weighted by Crippen LogP contribution is -2.22. The Kier molecular flexibility index (Phi) is 4.47. The van der Waals surface area contributed by atoms with Crippen molar-refractivity contribution in [3.8, 4) is 5.75 Å². The van der Waals surface area contributed by atoms with Crippen LogP contribution in [0.15, 0.2) is 54.6 Å². The van der Waals surface area contributed by atoms with Gasteiger partial charge in [-0.2, -0.15) is 13.2 Å². The van der Waals surface area contributed by atoms with Gasteiger partial charge < -0.3 is 10.1 Å². The van der Waals surface area contributed by atoms with E-state index in [9.17, 15) is 18.0 Å². The van der Waals surface area contributed by atoms with Crippen molar-refractivity contribution < 1.29 is 22.7 Å². The molecule has 21 heavy (non-hydrogen) atoms. The summed E-state index contributed by atoms with van der Waals surface area (Å²) >= 11 is 0. The van der Waals surface area contributed by atoms with Crippen molar-refractivity contribution in [3.63, 3.8) is 0 Å². The van der Waals surface area contributed by atoms with Crippen molar-refractivity contribution in [2.24, 2.45) is 0 Å². The van der Waals surface area contributed by atoms with Crippen LogP contribution in [0.1, 0.15) is 5.56 Å². The van der Waals surface area contributed by atoms with Crippen LogP contribution in [-0.4, -0.2) is 12.5 Å². The Hall–Kier alpha value is -2.50. The third kappa shape index (κ3) is 4.24. The average molecular weight is 295 g/mol. The predicted molar refractivity (Wildman–Crippen MR) is 72.0 cm³/mol. The first-order chi connectivity index (χ1) is 9.97. The highest BCUT2D eigenvalue weighted by atomic mass is 19.4. The molecule has 0 radical (unpaired) electrons. The standard InChI is InChI=1S/C15H12F3NO2/c16-15(17,18)12-8-4-5-9-13(12)19-14(20)10-21-11-6-2-1-3-7-11/h1-9H,10H2,(H,19,20). The fourth-order valence-corrected chi connectivity index (χ4v) is 1.69. The maximum Gasteiger partial charge on any atom is 0.418 e. The first kappa shape index (κ1) is 14.9. The van der Waals surface area contributed by atoms with E-state index in [1.54, 1.807) is 30.3 Å². The topological polar surface area (TPSA) is 38.3 Å². The summed E-state index contributed by atoms with van der Waals surface area (Å²) < 4.78 is 43.5. The lowest BCUT2D eigenvalue weighted by molar-refractivity contribution is -0.137. The third-order valence-corrected chi connectivity index (χ3v) is 2.62. The number of carbonyl (C=O) groups is 1. The van der Waals surface area contributed by atoms with E-state index >= 15 is 0 Å². The second-order valence-electron chi connectivity index (χ2n) is 4.19. The molecule has 0 heterocycles.